The Morgan fingerprint density at radius 2 is 2.04 bits per heavy atom. The lowest BCUT2D eigenvalue weighted by Crippen LogP contribution is -2.36. The third-order valence-corrected chi connectivity index (χ3v) is 4.78. The molecule has 25 heavy (non-hydrogen) atoms. The first kappa shape index (κ1) is 17.7. The highest BCUT2D eigenvalue weighted by Gasteiger charge is 2.07. The van der Waals surface area contributed by atoms with Crippen molar-refractivity contribution < 1.29 is 0 Å². The summed E-state index contributed by atoms with van der Waals surface area (Å²) in [6.07, 6.45) is 3.80. The van der Waals surface area contributed by atoms with E-state index < -0.39 is 0 Å². The van der Waals surface area contributed by atoms with Crippen LogP contribution in [-0.4, -0.2) is 27.4 Å². The Bertz CT molecular complexity index is 882. The molecule has 0 fully saturated rings. The van der Waals surface area contributed by atoms with Crippen molar-refractivity contribution in [2.75, 3.05) is 7.05 Å². The van der Waals surface area contributed by atoms with Crippen LogP contribution in [0.15, 0.2) is 34.9 Å². The molecule has 8 heteroatoms. The molecule has 0 spiro atoms. The molecule has 0 aliphatic carbocycles. The van der Waals surface area contributed by atoms with E-state index in [-0.39, 0.29) is 0 Å². The number of guanidine groups is 1. The van der Waals surface area contributed by atoms with Crippen LogP contribution in [-0.2, 0) is 13.1 Å². The van der Waals surface area contributed by atoms with Gasteiger partial charge in [-0.05, 0) is 18.1 Å². The molecule has 0 aliphatic rings. The van der Waals surface area contributed by atoms with Crippen molar-refractivity contribution in [1.82, 2.24) is 25.0 Å². The molecule has 132 valence electrons. The van der Waals surface area contributed by atoms with E-state index in [9.17, 15) is 0 Å². The zero-order valence-electron chi connectivity index (χ0n) is 14.5. The number of aliphatic imine (C=N–C) groups is 1. The molecule has 0 atom stereocenters. The van der Waals surface area contributed by atoms with Gasteiger partial charge >= 0.3 is 0 Å². The molecular formula is C17H21ClN6S. The number of hydrogen-bond donors (Lipinski definition) is 2. The number of thiazole rings is 1. The predicted molar refractivity (Wildman–Crippen MR) is 103 cm³/mol. The molecule has 0 saturated heterocycles. The minimum absolute atomic E-state index is 0.450. The van der Waals surface area contributed by atoms with Crippen LogP contribution in [0, 0.1) is 0 Å². The molecule has 0 bridgehead atoms. The molecule has 0 saturated carbocycles. The van der Waals surface area contributed by atoms with Gasteiger partial charge in [0.15, 0.2) is 5.96 Å². The Morgan fingerprint density at radius 1 is 1.24 bits per heavy atom. The van der Waals surface area contributed by atoms with E-state index >= 15 is 0 Å². The minimum Gasteiger partial charge on any atom is -0.351 e. The highest BCUT2D eigenvalue weighted by atomic mass is 35.5. The first-order valence-corrected chi connectivity index (χ1v) is 9.33. The fourth-order valence-corrected chi connectivity index (χ4v) is 3.39. The molecular weight excluding hydrogens is 356 g/mol. The maximum absolute atomic E-state index is 6.00. The smallest absolute Gasteiger partial charge is 0.191 e. The number of rotatable bonds is 5. The fraction of sp³-hybridized carbons (Fsp3) is 0.353. The monoisotopic (exact) mass is 376 g/mol. The number of pyridine rings is 1. The summed E-state index contributed by atoms with van der Waals surface area (Å²) in [5, 5.41) is 10.4. The summed E-state index contributed by atoms with van der Waals surface area (Å²) in [5.41, 5.74) is 2.92. The van der Waals surface area contributed by atoms with Gasteiger partial charge in [-0.25, -0.2) is 9.97 Å². The van der Waals surface area contributed by atoms with Crippen molar-refractivity contribution in [1.29, 1.82) is 0 Å². The Morgan fingerprint density at radius 3 is 2.76 bits per heavy atom. The van der Waals surface area contributed by atoms with Crippen molar-refractivity contribution in [3.8, 4) is 0 Å². The molecule has 0 aliphatic heterocycles. The van der Waals surface area contributed by atoms with Crippen molar-refractivity contribution in [3.63, 3.8) is 0 Å². The second kappa shape index (κ2) is 7.84. The molecule has 0 unspecified atom stereocenters. The van der Waals surface area contributed by atoms with Crippen LogP contribution >= 0.6 is 22.9 Å². The lowest BCUT2D eigenvalue weighted by Gasteiger charge is -2.09. The van der Waals surface area contributed by atoms with Gasteiger partial charge in [0.05, 0.1) is 29.5 Å². The zero-order valence-corrected chi connectivity index (χ0v) is 16.0. The lowest BCUT2D eigenvalue weighted by atomic mass is 10.2. The first-order valence-electron chi connectivity index (χ1n) is 8.07. The van der Waals surface area contributed by atoms with E-state index in [0.717, 1.165) is 28.0 Å². The van der Waals surface area contributed by atoms with Gasteiger partial charge < -0.3 is 15.0 Å². The first-order chi connectivity index (χ1) is 12.0. The van der Waals surface area contributed by atoms with Crippen molar-refractivity contribution >= 4 is 34.5 Å². The van der Waals surface area contributed by atoms with Gasteiger partial charge in [0, 0.05) is 24.8 Å². The quantitative estimate of drug-likeness (QED) is 0.528. The third-order valence-electron chi connectivity index (χ3n) is 3.69. The molecule has 0 amide bonds. The molecule has 6 nitrogen and oxygen atoms in total. The molecule has 3 aromatic rings. The van der Waals surface area contributed by atoms with Crippen LogP contribution in [0.4, 0.5) is 0 Å². The van der Waals surface area contributed by atoms with Crippen molar-refractivity contribution in [2.24, 2.45) is 4.99 Å². The van der Waals surface area contributed by atoms with Crippen molar-refractivity contribution in [2.45, 2.75) is 32.9 Å². The molecule has 0 radical (unpaired) electrons. The van der Waals surface area contributed by atoms with E-state index in [1.165, 1.54) is 0 Å². The van der Waals surface area contributed by atoms with E-state index in [4.69, 9.17) is 11.6 Å². The summed E-state index contributed by atoms with van der Waals surface area (Å²) in [6, 6.07) is 3.73. The number of imidazole rings is 1. The number of fused-ring (bicyclic) bond motifs is 1. The minimum atomic E-state index is 0.450. The number of nitrogens with one attached hydrogen (secondary N) is 2. The normalized spacial score (nSPS) is 12.1. The fourth-order valence-electron chi connectivity index (χ4n) is 2.33. The number of halogens is 1. The molecule has 2 N–H and O–H groups in total. The second-order valence-corrected chi connectivity index (χ2v) is 7.32. The SMILES string of the molecule is CN=C(NCc1cn2cc(Cl)ccc2n1)NCc1nc(C(C)C)cs1. The zero-order chi connectivity index (χ0) is 17.8. The average Bonchev–Trinajstić information content (AvgIpc) is 3.21. The van der Waals surface area contributed by atoms with Gasteiger partial charge in [0.1, 0.15) is 10.7 Å². The molecule has 3 aromatic heterocycles. The highest BCUT2D eigenvalue weighted by molar-refractivity contribution is 7.09. The summed E-state index contributed by atoms with van der Waals surface area (Å²) >= 11 is 7.66. The molecule has 3 rings (SSSR count). The van der Waals surface area contributed by atoms with Gasteiger partial charge in [-0.1, -0.05) is 25.4 Å². The van der Waals surface area contributed by atoms with Gasteiger partial charge in [0.2, 0.25) is 0 Å². The summed E-state index contributed by atoms with van der Waals surface area (Å²) in [7, 11) is 1.75. The Hall–Kier alpha value is -2.12. The van der Waals surface area contributed by atoms with Gasteiger partial charge in [0.25, 0.3) is 0 Å². The highest BCUT2D eigenvalue weighted by Crippen LogP contribution is 2.17. The van der Waals surface area contributed by atoms with E-state index in [2.05, 4.69) is 44.8 Å². The maximum Gasteiger partial charge on any atom is 0.191 e. The van der Waals surface area contributed by atoms with Crippen LogP contribution in [0.1, 0.15) is 36.2 Å². The number of hydrogen-bond acceptors (Lipinski definition) is 4. The van der Waals surface area contributed by atoms with Crippen LogP contribution in [0.3, 0.4) is 0 Å². The Balaban J connectivity index is 1.56. The van der Waals surface area contributed by atoms with Gasteiger partial charge in [-0.15, -0.1) is 11.3 Å². The van der Waals surface area contributed by atoms with E-state index in [1.54, 1.807) is 18.4 Å². The predicted octanol–water partition coefficient (Wildman–Crippen LogP) is 3.43. The van der Waals surface area contributed by atoms with Crippen LogP contribution in [0.25, 0.3) is 5.65 Å². The van der Waals surface area contributed by atoms with Gasteiger partial charge in [-0.2, -0.15) is 0 Å². The maximum atomic E-state index is 6.00. The van der Waals surface area contributed by atoms with Crippen molar-refractivity contribution in [3.05, 3.63) is 51.3 Å². The Labute approximate surface area is 156 Å². The summed E-state index contributed by atoms with van der Waals surface area (Å²) in [5.74, 6) is 1.17. The molecule has 0 aromatic carbocycles. The lowest BCUT2D eigenvalue weighted by molar-refractivity contribution is 0.780. The van der Waals surface area contributed by atoms with E-state index in [0.29, 0.717) is 24.0 Å². The van der Waals surface area contributed by atoms with Crippen LogP contribution < -0.4 is 10.6 Å². The summed E-state index contributed by atoms with van der Waals surface area (Å²) < 4.78 is 1.92. The standard InChI is InChI=1S/C17H21ClN6S/c1-11(2)14-10-25-16(23-14)7-21-17(19-3)20-6-13-9-24-8-12(18)4-5-15(24)22-13/h4-5,8-11H,6-7H2,1-3H3,(H2,19,20,21). The van der Waals surface area contributed by atoms with E-state index in [1.807, 2.05) is 28.9 Å². The average molecular weight is 377 g/mol. The van der Waals surface area contributed by atoms with Crippen LogP contribution in [0.5, 0.6) is 0 Å². The number of aromatic nitrogens is 3. The summed E-state index contributed by atoms with van der Waals surface area (Å²) in [6.45, 7) is 5.52. The van der Waals surface area contributed by atoms with Gasteiger partial charge in [-0.3, -0.25) is 4.99 Å². The third kappa shape index (κ3) is 4.49. The second-order valence-electron chi connectivity index (χ2n) is 5.95. The Kier molecular flexibility index (Phi) is 5.55. The topological polar surface area (TPSA) is 66.6 Å². The molecule has 3 heterocycles. The van der Waals surface area contributed by atoms with Crippen LogP contribution in [0.2, 0.25) is 5.02 Å². The number of nitrogens with zero attached hydrogens (tertiary/aromatic N) is 4. The largest absolute Gasteiger partial charge is 0.351 e. The summed E-state index contributed by atoms with van der Waals surface area (Å²) in [4.78, 5) is 13.4.